The topological polar surface area (TPSA) is 12.0 Å². The summed E-state index contributed by atoms with van der Waals surface area (Å²) in [6.45, 7) is 1.14. The van der Waals surface area contributed by atoms with E-state index in [0.717, 1.165) is 12.5 Å². The van der Waals surface area contributed by atoms with Gasteiger partial charge in [0.15, 0.2) is 0 Å². The third-order valence-electron chi connectivity index (χ3n) is 2.35. The van der Waals surface area contributed by atoms with Gasteiger partial charge in [0.1, 0.15) is 0 Å². The second-order valence-corrected chi connectivity index (χ2v) is 2.78. The molecule has 0 saturated heterocycles. The molecule has 0 spiro atoms. The van der Waals surface area contributed by atoms with E-state index in [4.69, 9.17) is 0 Å². The Morgan fingerprint density at radius 1 is 1.44 bits per heavy atom. The maximum absolute atomic E-state index is 3.34. The van der Waals surface area contributed by atoms with Gasteiger partial charge in [-0.1, -0.05) is 12.2 Å². The van der Waals surface area contributed by atoms with Crippen LogP contribution in [-0.4, -0.2) is 6.54 Å². The lowest BCUT2D eigenvalue weighted by atomic mass is 10.0. The minimum absolute atomic E-state index is 0.736. The average Bonchev–Trinajstić information content (AvgIpc) is 2.50. The van der Waals surface area contributed by atoms with Gasteiger partial charge in [0.05, 0.1) is 0 Å². The quantitative estimate of drug-likeness (QED) is 0.498. The summed E-state index contributed by atoms with van der Waals surface area (Å²) in [6, 6.07) is 0. The van der Waals surface area contributed by atoms with Crippen LogP contribution in [0.3, 0.4) is 0 Å². The van der Waals surface area contributed by atoms with Gasteiger partial charge in [-0.3, -0.25) is 0 Å². The molecular weight excluding hydrogens is 110 g/mol. The summed E-state index contributed by atoms with van der Waals surface area (Å²) in [7, 11) is 0. The Labute approximate surface area is 53.8 Å². The maximum Gasteiger partial charge on any atom is 0.0382 e. The van der Waals surface area contributed by atoms with E-state index in [1.165, 1.54) is 16.8 Å². The first-order chi connectivity index (χ1) is 4.45. The van der Waals surface area contributed by atoms with Crippen LogP contribution in [0.25, 0.3) is 0 Å². The van der Waals surface area contributed by atoms with Crippen LogP contribution in [0, 0.1) is 5.92 Å². The molecule has 1 N–H and O–H groups in total. The van der Waals surface area contributed by atoms with Crippen molar-refractivity contribution in [1.29, 1.82) is 0 Å². The Morgan fingerprint density at radius 3 is 3.00 bits per heavy atom. The molecule has 0 amide bonds. The lowest BCUT2D eigenvalue weighted by molar-refractivity contribution is 0.734. The predicted molar refractivity (Wildman–Crippen MR) is 35.7 cm³/mol. The lowest BCUT2D eigenvalue weighted by Gasteiger charge is -2.08. The van der Waals surface area contributed by atoms with E-state index < -0.39 is 0 Å². The highest BCUT2D eigenvalue weighted by Gasteiger charge is 2.33. The molecule has 3 aliphatic rings. The molecule has 0 aromatic heterocycles. The maximum atomic E-state index is 3.34. The smallest absolute Gasteiger partial charge is 0.0382 e. The zero-order chi connectivity index (χ0) is 5.84. The van der Waals surface area contributed by atoms with Gasteiger partial charge in [0, 0.05) is 18.2 Å². The van der Waals surface area contributed by atoms with E-state index >= 15 is 0 Å². The van der Waals surface area contributed by atoms with E-state index in [-0.39, 0.29) is 0 Å². The molecule has 0 radical (unpaired) electrons. The van der Waals surface area contributed by atoms with Gasteiger partial charge in [0.25, 0.3) is 0 Å². The second kappa shape index (κ2) is 0.991. The van der Waals surface area contributed by atoms with E-state index in [2.05, 4.69) is 23.5 Å². The zero-order valence-electron chi connectivity index (χ0n) is 5.02. The molecule has 0 aromatic carbocycles. The number of nitrogens with one attached hydrogen (secondary N) is 1. The molecule has 1 heterocycles. The first kappa shape index (κ1) is 3.94. The van der Waals surface area contributed by atoms with Crippen LogP contribution in [0.1, 0.15) is 0 Å². The van der Waals surface area contributed by atoms with Gasteiger partial charge in [-0.15, -0.1) is 0 Å². The Hall–Kier alpha value is -0.980. The van der Waals surface area contributed by atoms with E-state index in [1.54, 1.807) is 0 Å². The van der Waals surface area contributed by atoms with Crippen LogP contribution in [-0.2, 0) is 0 Å². The molecule has 1 aliphatic heterocycles. The minimum atomic E-state index is 0.736. The van der Waals surface area contributed by atoms with Gasteiger partial charge < -0.3 is 5.32 Å². The van der Waals surface area contributed by atoms with Crippen molar-refractivity contribution < 1.29 is 0 Å². The number of allylic oxidation sites excluding steroid dienone is 3. The number of rotatable bonds is 0. The molecular formula is C8H7N. The Balaban J connectivity index is 2.38. The van der Waals surface area contributed by atoms with Crippen molar-refractivity contribution in [3.05, 3.63) is 35.1 Å². The standard InChI is InChI=1S/C8H7N/c1-2-6-7-4-9-8(6)3-5(1)7/h1-3,7,9H,4H2. The molecule has 1 unspecified atom stereocenters. The van der Waals surface area contributed by atoms with Gasteiger partial charge in [0.2, 0.25) is 0 Å². The molecule has 1 nitrogen and oxygen atoms in total. The molecule has 4 bridgehead atoms. The summed E-state index contributed by atoms with van der Waals surface area (Å²) in [4.78, 5) is 0. The first-order valence-corrected chi connectivity index (χ1v) is 3.33. The first-order valence-electron chi connectivity index (χ1n) is 3.33. The van der Waals surface area contributed by atoms with Crippen molar-refractivity contribution >= 4 is 0 Å². The van der Waals surface area contributed by atoms with E-state index in [1.807, 2.05) is 0 Å². The largest absolute Gasteiger partial charge is 0.384 e. The highest BCUT2D eigenvalue weighted by Crippen LogP contribution is 2.41. The molecule has 2 aliphatic carbocycles. The number of hydrogen-bond acceptors (Lipinski definition) is 1. The minimum Gasteiger partial charge on any atom is -0.384 e. The van der Waals surface area contributed by atoms with Gasteiger partial charge in [-0.05, 0) is 17.2 Å². The van der Waals surface area contributed by atoms with E-state index in [0.29, 0.717) is 0 Å². The van der Waals surface area contributed by atoms with Crippen molar-refractivity contribution in [3.8, 4) is 0 Å². The Morgan fingerprint density at radius 2 is 2.44 bits per heavy atom. The molecule has 44 valence electrons. The summed E-state index contributed by atoms with van der Waals surface area (Å²) >= 11 is 0. The van der Waals surface area contributed by atoms with Crippen molar-refractivity contribution in [2.45, 2.75) is 0 Å². The third-order valence-corrected chi connectivity index (χ3v) is 2.35. The Bertz CT molecular complexity index is 268. The van der Waals surface area contributed by atoms with E-state index in [9.17, 15) is 0 Å². The third kappa shape index (κ3) is 0.283. The van der Waals surface area contributed by atoms with Gasteiger partial charge in [-0.2, -0.15) is 0 Å². The van der Waals surface area contributed by atoms with Gasteiger partial charge >= 0.3 is 0 Å². The lowest BCUT2D eigenvalue weighted by Crippen LogP contribution is -2.16. The Kier molecular flexibility index (Phi) is 0.434. The van der Waals surface area contributed by atoms with Crippen molar-refractivity contribution in [1.82, 2.24) is 5.32 Å². The fourth-order valence-electron chi connectivity index (χ4n) is 1.87. The number of hydrogen-bond donors (Lipinski definition) is 1. The summed E-state index contributed by atoms with van der Waals surface area (Å²) in [6.07, 6.45) is 6.71. The summed E-state index contributed by atoms with van der Waals surface area (Å²) in [5.74, 6) is 0.736. The van der Waals surface area contributed by atoms with Crippen LogP contribution in [0.4, 0.5) is 0 Å². The monoisotopic (exact) mass is 117 g/mol. The predicted octanol–water partition coefficient (Wildman–Crippen LogP) is 0.970. The molecule has 3 rings (SSSR count). The molecule has 0 fully saturated rings. The van der Waals surface area contributed by atoms with Crippen molar-refractivity contribution in [2.75, 3.05) is 6.54 Å². The molecule has 0 aromatic rings. The average molecular weight is 117 g/mol. The molecule has 1 heteroatoms. The molecule has 1 atom stereocenters. The highest BCUT2D eigenvalue weighted by atomic mass is 14.9. The normalized spacial score (nSPS) is 33.8. The van der Waals surface area contributed by atoms with Gasteiger partial charge in [-0.25, -0.2) is 0 Å². The summed E-state index contributed by atoms with van der Waals surface area (Å²) in [5, 5.41) is 3.34. The van der Waals surface area contributed by atoms with Crippen LogP contribution in [0.5, 0.6) is 0 Å². The summed E-state index contributed by atoms with van der Waals surface area (Å²) in [5.41, 5.74) is 4.40. The van der Waals surface area contributed by atoms with Crippen molar-refractivity contribution in [2.24, 2.45) is 5.92 Å². The fraction of sp³-hybridized carbons (Fsp3) is 0.250. The van der Waals surface area contributed by atoms with Crippen LogP contribution < -0.4 is 5.32 Å². The zero-order valence-corrected chi connectivity index (χ0v) is 5.02. The second-order valence-electron chi connectivity index (χ2n) is 2.78. The molecule has 9 heavy (non-hydrogen) atoms. The van der Waals surface area contributed by atoms with Crippen LogP contribution in [0.2, 0.25) is 0 Å². The fourth-order valence-corrected chi connectivity index (χ4v) is 1.87. The summed E-state index contributed by atoms with van der Waals surface area (Å²) < 4.78 is 0. The van der Waals surface area contributed by atoms with Crippen LogP contribution >= 0.6 is 0 Å². The molecule has 0 saturated carbocycles. The van der Waals surface area contributed by atoms with Crippen molar-refractivity contribution in [3.63, 3.8) is 0 Å². The van der Waals surface area contributed by atoms with Crippen LogP contribution in [0.15, 0.2) is 35.1 Å². The SMILES string of the molecule is C1=CC2=C3C=C1C2CN3. The highest BCUT2D eigenvalue weighted by molar-refractivity contribution is 5.60.